The highest BCUT2D eigenvalue weighted by Crippen LogP contribution is 2.66. The van der Waals surface area contributed by atoms with Crippen LogP contribution in [0.3, 0.4) is 0 Å². The van der Waals surface area contributed by atoms with Gasteiger partial charge in [-0.25, -0.2) is 0 Å². The smallest absolute Gasteiger partial charge is 0.317 e. The van der Waals surface area contributed by atoms with Crippen molar-refractivity contribution >= 4 is 23.5 Å². The molecule has 0 bridgehead atoms. The third-order valence-electron chi connectivity index (χ3n) is 9.10. The molecule has 4 aliphatic carbocycles. The van der Waals surface area contributed by atoms with Gasteiger partial charge in [0.2, 0.25) is 0 Å². The number of nitrogens with zero attached hydrogens (tertiary/aromatic N) is 1. The van der Waals surface area contributed by atoms with E-state index in [1.807, 2.05) is 5.40 Å². The third-order valence-corrected chi connectivity index (χ3v) is 9.61. The first-order chi connectivity index (χ1) is 13.8. The van der Waals surface area contributed by atoms with Crippen molar-refractivity contribution in [2.24, 2.45) is 34.5 Å². The lowest BCUT2D eigenvalue weighted by Crippen LogP contribution is -2.51. The van der Waals surface area contributed by atoms with Gasteiger partial charge in [0.15, 0.2) is 0 Å². The number of ether oxygens (including phenoxy) is 1. The van der Waals surface area contributed by atoms with Crippen molar-refractivity contribution in [3.05, 3.63) is 11.6 Å². The van der Waals surface area contributed by atoms with Crippen LogP contribution in [0.25, 0.3) is 0 Å². The van der Waals surface area contributed by atoms with Crippen molar-refractivity contribution in [2.75, 3.05) is 5.75 Å². The number of Topliss-reactive ketones (excluding diaryl/α,β-unsaturated/α-hetero) is 1. The zero-order valence-corrected chi connectivity index (χ0v) is 18.7. The number of ketones is 1. The first-order valence-electron chi connectivity index (χ1n) is 11.2. The van der Waals surface area contributed by atoms with Gasteiger partial charge in [0.1, 0.15) is 23.0 Å². The van der Waals surface area contributed by atoms with Gasteiger partial charge in [-0.2, -0.15) is 5.26 Å². The molecule has 4 rings (SSSR count). The Morgan fingerprint density at radius 3 is 2.72 bits per heavy atom. The number of nitriles is 1. The fraction of sp³-hybridized carbons (Fsp3) is 0.792. The zero-order chi connectivity index (χ0) is 20.8. The molecule has 0 aromatic rings. The molecular formula is C24H33NO3S. The van der Waals surface area contributed by atoms with E-state index in [9.17, 15) is 9.59 Å². The molecule has 0 aromatic heterocycles. The van der Waals surface area contributed by atoms with Gasteiger partial charge in [-0.05, 0) is 92.2 Å². The number of carbonyl (C=O) groups excluding carboxylic acids is 2. The number of rotatable bonds is 4. The number of carbonyl (C=O) groups is 2. The average molecular weight is 416 g/mol. The highest BCUT2D eigenvalue weighted by molar-refractivity contribution is 8.04. The summed E-state index contributed by atoms with van der Waals surface area (Å²) in [7, 11) is 0. The van der Waals surface area contributed by atoms with Crippen molar-refractivity contribution in [1.29, 1.82) is 5.26 Å². The Balaban J connectivity index is 1.49. The van der Waals surface area contributed by atoms with E-state index in [0.29, 0.717) is 23.5 Å². The molecular weight excluding hydrogens is 382 g/mol. The second-order valence-corrected chi connectivity index (χ2v) is 11.0. The van der Waals surface area contributed by atoms with Gasteiger partial charge in [-0.1, -0.05) is 25.5 Å². The van der Waals surface area contributed by atoms with E-state index in [1.165, 1.54) is 24.8 Å². The molecule has 0 aromatic carbocycles. The maximum Gasteiger partial charge on any atom is 0.317 e. The Kier molecular flexibility index (Phi) is 5.61. The number of thiocyanates is 1. The van der Waals surface area contributed by atoms with E-state index in [1.54, 1.807) is 6.92 Å². The summed E-state index contributed by atoms with van der Waals surface area (Å²) < 4.78 is 5.66. The van der Waals surface area contributed by atoms with Crippen molar-refractivity contribution in [3.8, 4) is 5.40 Å². The molecule has 0 heterocycles. The number of thioether (sulfide) groups is 1. The Morgan fingerprint density at radius 1 is 1.21 bits per heavy atom. The molecule has 0 saturated heterocycles. The Morgan fingerprint density at radius 2 is 2.00 bits per heavy atom. The Bertz CT molecular complexity index is 771. The fourth-order valence-electron chi connectivity index (χ4n) is 7.71. The predicted molar refractivity (Wildman–Crippen MR) is 114 cm³/mol. The van der Waals surface area contributed by atoms with Gasteiger partial charge in [-0.3, -0.25) is 9.59 Å². The lowest BCUT2D eigenvalue weighted by Gasteiger charge is -2.58. The van der Waals surface area contributed by atoms with Crippen LogP contribution >= 0.6 is 11.8 Å². The second-order valence-electron chi connectivity index (χ2n) is 10.3. The molecule has 0 radical (unpaired) electrons. The molecule has 4 nitrogen and oxygen atoms in total. The average Bonchev–Trinajstić information content (AvgIpc) is 3.04. The molecule has 4 aliphatic rings. The summed E-state index contributed by atoms with van der Waals surface area (Å²) in [6, 6.07) is 0. The maximum atomic E-state index is 12.3. The van der Waals surface area contributed by atoms with Crippen LogP contribution in [0.2, 0.25) is 0 Å². The SMILES string of the molecule is CC(=O)C1CCC2C3CC=C4CC(OC(=O)CSC#N)CCC4(C)C3CCC12C. The van der Waals surface area contributed by atoms with Crippen LogP contribution in [-0.2, 0) is 14.3 Å². The van der Waals surface area contributed by atoms with Crippen LogP contribution in [0, 0.1) is 45.2 Å². The minimum atomic E-state index is -0.269. The van der Waals surface area contributed by atoms with E-state index >= 15 is 0 Å². The number of esters is 1. The van der Waals surface area contributed by atoms with E-state index < -0.39 is 0 Å². The second kappa shape index (κ2) is 7.76. The van der Waals surface area contributed by atoms with E-state index in [2.05, 4.69) is 19.9 Å². The molecule has 5 heteroatoms. The fourth-order valence-corrected chi connectivity index (χ4v) is 7.96. The van der Waals surface area contributed by atoms with Gasteiger partial charge < -0.3 is 4.74 Å². The monoisotopic (exact) mass is 415 g/mol. The van der Waals surface area contributed by atoms with Crippen LogP contribution in [0.15, 0.2) is 11.6 Å². The quantitative estimate of drug-likeness (QED) is 0.355. The summed E-state index contributed by atoms with van der Waals surface area (Å²) in [5.41, 5.74) is 1.89. The third kappa shape index (κ3) is 3.46. The standard InChI is InChI=1S/C24H33NO3S/c1-15(26)19-6-7-20-18-5-4-16-12-17(28-22(27)13-29-14-25)8-10-23(16,2)21(18)9-11-24(19,20)3/h4,17-21H,5-13H2,1-3H3. The lowest BCUT2D eigenvalue weighted by atomic mass is 9.47. The number of fused-ring (bicyclic) bond motifs is 5. The zero-order valence-electron chi connectivity index (χ0n) is 17.9. The van der Waals surface area contributed by atoms with Crippen LogP contribution in [-0.4, -0.2) is 23.6 Å². The summed E-state index contributed by atoms with van der Waals surface area (Å²) in [6.07, 6.45) is 11.0. The number of hydrogen-bond acceptors (Lipinski definition) is 5. The molecule has 0 amide bonds. The topological polar surface area (TPSA) is 67.2 Å². The van der Waals surface area contributed by atoms with Gasteiger partial charge in [0.05, 0.1) is 0 Å². The van der Waals surface area contributed by atoms with Crippen molar-refractivity contribution in [1.82, 2.24) is 0 Å². The van der Waals surface area contributed by atoms with E-state index in [0.717, 1.165) is 43.9 Å². The Hall–Kier alpha value is -1.28. The van der Waals surface area contributed by atoms with Crippen LogP contribution in [0.5, 0.6) is 0 Å². The minimum Gasteiger partial charge on any atom is -0.461 e. The van der Waals surface area contributed by atoms with Gasteiger partial charge in [0.25, 0.3) is 0 Å². The first-order valence-corrected chi connectivity index (χ1v) is 12.2. The largest absolute Gasteiger partial charge is 0.461 e. The van der Waals surface area contributed by atoms with Crippen molar-refractivity contribution in [3.63, 3.8) is 0 Å². The lowest BCUT2D eigenvalue weighted by molar-refractivity contribution is -0.148. The molecule has 0 aliphatic heterocycles. The maximum absolute atomic E-state index is 12.3. The summed E-state index contributed by atoms with van der Waals surface area (Å²) >= 11 is 0.945. The van der Waals surface area contributed by atoms with Gasteiger partial charge in [0, 0.05) is 12.3 Å². The van der Waals surface area contributed by atoms with E-state index in [4.69, 9.17) is 10.00 Å². The summed E-state index contributed by atoms with van der Waals surface area (Å²) in [4.78, 5) is 24.2. The molecule has 158 valence electrons. The molecule has 7 atom stereocenters. The Labute approximate surface area is 178 Å². The molecule has 29 heavy (non-hydrogen) atoms. The molecule has 7 unspecified atom stereocenters. The minimum absolute atomic E-state index is 0.0416. The summed E-state index contributed by atoms with van der Waals surface area (Å²) in [5.74, 6) is 2.55. The molecule has 3 fully saturated rings. The summed E-state index contributed by atoms with van der Waals surface area (Å²) in [6.45, 7) is 6.63. The van der Waals surface area contributed by atoms with Crippen molar-refractivity contribution in [2.45, 2.75) is 78.2 Å². The highest BCUT2D eigenvalue weighted by Gasteiger charge is 2.59. The predicted octanol–water partition coefficient (Wildman–Crippen LogP) is 5.28. The van der Waals surface area contributed by atoms with Crippen LogP contribution < -0.4 is 0 Å². The van der Waals surface area contributed by atoms with Gasteiger partial charge >= 0.3 is 5.97 Å². The highest BCUT2D eigenvalue weighted by atomic mass is 32.2. The molecule has 0 N–H and O–H groups in total. The molecule has 0 spiro atoms. The number of hydrogen-bond donors (Lipinski definition) is 0. The van der Waals surface area contributed by atoms with E-state index in [-0.39, 0.29) is 34.6 Å². The first kappa shape index (κ1) is 21.0. The summed E-state index contributed by atoms with van der Waals surface area (Å²) in [5, 5.41) is 10.6. The molecule has 3 saturated carbocycles. The van der Waals surface area contributed by atoms with Crippen molar-refractivity contribution < 1.29 is 14.3 Å². The number of allylic oxidation sites excluding steroid dienone is 1. The van der Waals surface area contributed by atoms with Crippen LogP contribution in [0.1, 0.15) is 72.1 Å². The van der Waals surface area contributed by atoms with Crippen LogP contribution in [0.4, 0.5) is 0 Å². The normalized spacial score (nSPS) is 43.2. The van der Waals surface area contributed by atoms with Gasteiger partial charge in [-0.15, -0.1) is 0 Å².